The number of rotatable bonds is 5. The summed E-state index contributed by atoms with van der Waals surface area (Å²) in [5.74, 6) is 0.349. The molecular formula is C22H29N5O4S. The van der Waals surface area contributed by atoms with E-state index < -0.39 is 10.0 Å². The highest BCUT2D eigenvalue weighted by atomic mass is 32.2. The standard InChI is InChI=1S/C22H29N5O4S/c1-14-9-15(2)17(4)21(16(14)3)32(29,30)24-11-20(28)27-12-18-10-23-22(25-19(18)13-27)26-5-7-31-8-6-26/h9-10,24H,5-8,11-13H2,1-4H3. The summed E-state index contributed by atoms with van der Waals surface area (Å²) in [6, 6.07) is 1.97. The molecule has 32 heavy (non-hydrogen) atoms. The van der Waals surface area contributed by atoms with Gasteiger partial charge in [-0.3, -0.25) is 4.79 Å². The lowest BCUT2D eigenvalue weighted by Crippen LogP contribution is -2.38. The number of sulfonamides is 1. The molecule has 0 atom stereocenters. The van der Waals surface area contributed by atoms with E-state index in [1.165, 1.54) is 0 Å². The van der Waals surface area contributed by atoms with Crippen LogP contribution in [0.3, 0.4) is 0 Å². The van der Waals surface area contributed by atoms with Crippen molar-refractivity contribution in [3.63, 3.8) is 0 Å². The molecule has 1 fully saturated rings. The van der Waals surface area contributed by atoms with E-state index in [1.807, 2.05) is 19.9 Å². The van der Waals surface area contributed by atoms with Crippen LogP contribution >= 0.6 is 0 Å². The third-order valence-corrected chi connectivity index (χ3v) is 7.94. The topological polar surface area (TPSA) is 105 Å². The molecule has 2 aromatic rings. The molecule has 0 saturated carbocycles. The van der Waals surface area contributed by atoms with Crippen LogP contribution in [0.25, 0.3) is 0 Å². The number of carbonyl (C=O) groups excluding carboxylic acids is 1. The van der Waals surface area contributed by atoms with Crippen molar-refractivity contribution in [1.29, 1.82) is 0 Å². The Balaban J connectivity index is 1.43. The Bertz CT molecular complexity index is 1130. The lowest BCUT2D eigenvalue weighted by atomic mass is 10.0. The van der Waals surface area contributed by atoms with Gasteiger partial charge < -0.3 is 14.5 Å². The minimum absolute atomic E-state index is 0.258. The molecule has 1 aromatic carbocycles. The van der Waals surface area contributed by atoms with Crippen LogP contribution in [0.2, 0.25) is 0 Å². The van der Waals surface area contributed by atoms with Gasteiger partial charge in [0, 0.05) is 31.4 Å². The Morgan fingerprint density at radius 1 is 1.09 bits per heavy atom. The molecular weight excluding hydrogens is 430 g/mol. The molecule has 1 amide bonds. The number of carbonyl (C=O) groups is 1. The number of fused-ring (bicyclic) bond motifs is 1. The fourth-order valence-corrected chi connectivity index (χ4v) is 5.75. The average molecular weight is 460 g/mol. The van der Waals surface area contributed by atoms with Gasteiger partial charge >= 0.3 is 0 Å². The van der Waals surface area contributed by atoms with E-state index in [9.17, 15) is 13.2 Å². The van der Waals surface area contributed by atoms with Crippen LogP contribution in [0.4, 0.5) is 5.95 Å². The fourth-order valence-electron chi connectivity index (χ4n) is 4.16. The molecule has 0 unspecified atom stereocenters. The van der Waals surface area contributed by atoms with E-state index in [0.29, 0.717) is 43.4 Å². The highest BCUT2D eigenvalue weighted by molar-refractivity contribution is 7.89. The molecule has 0 spiro atoms. The van der Waals surface area contributed by atoms with Gasteiger partial charge in [0.15, 0.2) is 0 Å². The maximum atomic E-state index is 13.0. The fraction of sp³-hybridized carbons (Fsp3) is 0.500. The summed E-state index contributed by atoms with van der Waals surface area (Å²) < 4.78 is 33.9. The van der Waals surface area contributed by atoms with Gasteiger partial charge in [0.25, 0.3) is 0 Å². The number of hydrogen-bond acceptors (Lipinski definition) is 7. The van der Waals surface area contributed by atoms with E-state index in [4.69, 9.17) is 4.74 Å². The molecule has 1 aromatic heterocycles. The number of benzene rings is 1. The van der Waals surface area contributed by atoms with Crippen molar-refractivity contribution in [2.45, 2.75) is 45.7 Å². The van der Waals surface area contributed by atoms with Crippen molar-refractivity contribution < 1.29 is 17.9 Å². The number of aromatic nitrogens is 2. The largest absolute Gasteiger partial charge is 0.378 e. The van der Waals surface area contributed by atoms with Crippen LogP contribution in [0.1, 0.15) is 33.5 Å². The number of nitrogens with zero attached hydrogens (tertiary/aromatic N) is 4. The highest BCUT2D eigenvalue weighted by Gasteiger charge is 2.28. The molecule has 0 bridgehead atoms. The zero-order chi connectivity index (χ0) is 23.0. The van der Waals surface area contributed by atoms with Gasteiger partial charge in [-0.1, -0.05) is 6.07 Å². The molecule has 1 N–H and O–H groups in total. The normalized spacial score (nSPS) is 16.4. The minimum Gasteiger partial charge on any atom is -0.378 e. The molecule has 9 nitrogen and oxygen atoms in total. The summed E-state index contributed by atoms with van der Waals surface area (Å²) in [7, 11) is -3.82. The second-order valence-electron chi connectivity index (χ2n) is 8.41. The predicted molar refractivity (Wildman–Crippen MR) is 120 cm³/mol. The Kier molecular flexibility index (Phi) is 6.19. The minimum atomic E-state index is -3.82. The average Bonchev–Trinajstić information content (AvgIpc) is 3.20. The number of morpholine rings is 1. The molecule has 2 aliphatic rings. The van der Waals surface area contributed by atoms with Crippen LogP contribution in [0.15, 0.2) is 17.2 Å². The van der Waals surface area contributed by atoms with Crippen molar-refractivity contribution in [2.24, 2.45) is 0 Å². The van der Waals surface area contributed by atoms with Gasteiger partial charge in [-0.05, 0) is 49.9 Å². The van der Waals surface area contributed by atoms with Gasteiger partial charge in [0.05, 0.1) is 36.9 Å². The van der Waals surface area contributed by atoms with Gasteiger partial charge in [-0.15, -0.1) is 0 Å². The first-order valence-corrected chi connectivity index (χ1v) is 12.2. The number of aryl methyl sites for hydroxylation is 2. The van der Waals surface area contributed by atoms with Gasteiger partial charge in [-0.25, -0.2) is 23.1 Å². The van der Waals surface area contributed by atoms with E-state index >= 15 is 0 Å². The lowest BCUT2D eigenvalue weighted by Gasteiger charge is -2.26. The van der Waals surface area contributed by atoms with Gasteiger partial charge in [0.2, 0.25) is 21.9 Å². The smallest absolute Gasteiger partial charge is 0.241 e. The summed E-state index contributed by atoms with van der Waals surface area (Å²) in [4.78, 5) is 25.8. The number of amides is 1. The summed E-state index contributed by atoms with van der Waals surface area (Å²) in [6.07, 6.45) is 1.76. The third kappa shape index (κ3) is 4.35. The Morgan fingerprint density at radius 2 is 1.75 bits per heavy atom. The molecule has 1 saturated heterocycles. The van der Waals surface area contributed by atoms with E-state index in [0.717, 1.165) is 35.5 Å². The third-order valence-electron chi connectivity index (χ3n) is 6.27. The summed E-state index contributed by atoms with van der Waals surface area (Å²) in [5, 5.41) is 0. The Labute approximate surface area is 188 Å². The van der Waals surface area contributed by atoms with E-state index in [2.05, 4.69) is 19.6 Å². The van der Waals surface area contributed by atoms with Crippen molar-refractivity contribution in [3.05, 3.63) is 45.8 Å². The molecule has 0 radical (unpaired) electrons. The van der Waals surface area contributed by atoms with Crippen molar-refractivity contribution in [3.8, 4) is 0 Å². The maximum absolute atomic E-state index is 13.0. The Morgan fingerprint density at radius 3 is 2.41 bits per heavy atom. The zero-order valence-electron chi connectivity index (χ0n) is 18.9. The molecule has 2 aliphatic heterocycles. The van der Waals surface area contributed by atoms with Gasteiger partial charge in [0.1, 0.15) is 0 Å². The number of anilines is 1. The van der Waals surface area contributed by atoms with E-state index in [-0.39, 0.29) is 17.3 Å². The van der Waals surface area contributed by atoms with Gasteiger partial charge in [-0.2, -0.15) is 0 Å². The van der Waals surface area contributed by atoms with Crippen LogP contribution in [-0.4, -0.2) is 62.0 Å². The zero-order valence-corrected chi connectivity index (χ0v) is 19.8. The highest BCUT2D eigenvalue weighted by Crippen LogP contribution is 2.26. The van der Waals surface area contributed by atoms with Crippen LogP contribution in [0.5, 0.6) is 0 Å². The van der Waals surface area contributed by atoms with Crippen LogP contribution in [0, 0.1) is 27.7 Å². The van der Waals surface area contributed by atoms with Crippen molar-refractivity contribution >= 4 is 21.9 Å². The summed E-state index contributed by atoms with van der Waals surface area (Å²) >= 11 is 0. The number of ether oxygens (including phenoxy) is 1. The first kappa shape index (κ1) is 22.6. The second kappa shape index (κ2) is 8.76. The number of hydrogen-bond donors (Lipinski definition) is 1. The molecule has 10 heteroatoms. The first-order valence-electron chi connectivity index (χ1n) is 10.7. The van der Waals surface area contributed by atoms with Crippen LogP contribution in [-0.2, 0) is 32.6 Å². The second-order valence-corrected chi connectivity index (χ2v) is 10.1. The molecule has 3 heterocycles. The SMILES string of the molecule is Cc1cc(C)c(C)c(S(=O)(=O)NCC(=O)N2Cc3cnc(N4CCOCC4)nc3C2)c1C. The molecule has 0 aliphatic carbocycles. The van der Waals surface area contributed by atoms with Crippen LogP contribution < -0.4 is 9.62 Å². The number of nitrogens with one attached hydrogen (secondary N) is 1. The summed E-state index contributed by atoms with van der Waals surface area (Å²) in [5.41, 5.74) is 4.91. The lowest BCUT2D eigenvalue weighted by molar-refractivity contribution is -0.130. The molecule has 172 valence electrons. The quantitative estimate of drug-likeness (QED) is 0.720. The predicted octanol–water partition coefficient (Wildman–Crippen LogP) is 1.37. The van der Waals surface area contributed by atoms with Crippen molar-refractivity contribution in [1.82, 2.24) is 19.6 Å². The van der Waals surface area contributed by atoms with Crippen molar-refractivity contribution in [2.75, 3.05) is 37.7 Å². The first-order chi connectivity index (χ1) is 15.2. The molecule has 4 rings (SSSR count). The summed E-state index contributed by atoms with van der Waals surface area (Å²) in [6.45, 7) is 10.5. The van der Waals surface area contributed by atoms with E-state index in [1.54, 1.807) is 24.9 Å². The maximum Gasteiger partial charge on any atom is 0.241 e. The monoisotopic (exact) mass is 459 g/mol. The Hall–Kier alpha value is -2.56.